The van der Waals surface area contributed by atoms with Crippen LogP contribution < -0.4 is 10.2 Å². The number of nitrogens with one attached hydrogen (secondary N) is 1. The number of hydrogen-bond acceptors (Lipinski definition) is 5. The van der Waals surface area contributed by atoms with E-state index in [1.54, 1.807) is 6.33 Å². The van der Waals surface area contributed by atoms with Gasteiger partial charge in [-0.3, -0.25) is 0 Å². The lowest BCUT2D eigenvalue weighted by Gasteiger charge is -2.27. The summed E-state index contributed by atoms with van der Waals surface area (Å²) < 4.78 is 5.30. The van der Waals surface area contributed by atoms with Gasteiger partial charge in [0.25, 0.3) is 0 Å². The standard InChI is InChI=1S/C10H16N4O/c1-2-11-9-7-10(13-8-12-9)14-3-5-15-6-4-14/h7-8H,2-6H2,1H3,(H,11,12,13). The summed E-state index contributed by atoms with van der Waals surface area (Å²) in [4.78, 5) is 10.6. The van der Waals surface area contributed by atoms with E-state index in [2.05, 4.69) is 27.1 Å². The van der Waals surface area contributed by atoms with Crippen molar-refractivity contribution in [1.29, 1.82) is 0 Å². The Morgan fingerprint density at radius 1 is 1.40 bits per heavy atom. The van der Waals surface area contributed by atoms with Gasteiger partial charge in [-0.25, -0.2) is 9.97 Å². The number of hydrogen-bond donors (Lipinski definition) is 1. The second-order valence-corrected chi connectivity index (χ2v) is 3.39. The fourth-order valence-electron chi connectivity index (χ4n) is 1.59. The van der Waals surface area contributed by atoms with Gasteiger partial charge in [0.05, 0.1) is 13.2 Å². The lowest BCUT2D eigenvalue weighted by Crippen LogP contribution is -2.36. The highest BCUT2D eigenvalue weighted by atomic mass is 16.5. The zero-order valence-corrected chi connectivity index (χ0v) is 8.94. The first-order valence-electron chi connectivity index (χ1n) is 5.29. The summed E-state index contributed by atoms with van der Waals surface area (Å²) in [5, 5.41) is 3.18. The number of nitrogens with zero attached hydrogens (tertiary/aromatic N) is 3. The first kappa shape index (κ1) is 10.2. The summed E-state index contributed by atoms with van der Waals surface area (Å²) in [6, 6.07) is 1.98. The molecule has 2 heterocycles. The fraction of sp³-hybridized carbons (Fsp3) is 0.600. The van der Waals surface area contributed by atoms with E-state index in [1.165, 1.54) is 0 Å². The van der Waals surface area contributed by atoms with E-state index in [9.17, 15) is 0 Å². The summed E-state index contributed by atoms with van der Waals surface area (Å²) in [5.41, 5.74) is 0. The molecule has 0 atom stereocenters. The van der Waals surface area contributed by atoms with Gasteiger partial charge in [0, 0.05) is 25.7 Å². The molecule has 5 nitrogen and oxygen atoms in total. The maximum Gasteiger partial charge on any atom is 0.134 e. The number of rotatable bonds is 3. The van der Waals surface area contributed by atoms with E-state index >= 15 is 0 Å². The normalized spacial score (nSPS) is 16.5. The number of aromatic nitrogens is 2. The van der Waals surface area contributed by atoms with Crippen LogP contribution in [0.1, 0.15) is 6.92 Å². The third kappa shape index (κ3) is 2.56. The summed E-state index contributed by atoms with van der Waals surface area (Å²) in [5.74, 6) is 1.86. The van der Waals surface area contributed by atoms with Crippen molar-refractivity contribution in [3.05, 3.63) is 12.4 Å². The highest BCUT2D eigenvalue weighted by Gasteiger charge is 2.12. The van der Waals surface area contributed by atoms with Gasteiger partial charge in [0.1, 0.15) is 18.0 Å². The second kappa shape index (κ2) is 4.93. The molecule has 5 heteroatoms. The molecule has 1 aliphatic heterocycles. The van der Waals surface area contributed by atoms with Crippen LogP contribution in [0.4, 0.5) is 11.6 Å². The van der Waals surface area contributed by atoms with Crippen molar-refractivity contribution in [3.8, 4) is 0 Å². The quantitative estimate of drug-likeness (QED) is 0.794. The minimum Gasteiger partial charge on any atom is -0.378 e. The summed E-state index contributed by atoms with van der Waals surface area (Å²) in [6.45, 7) is 6.29. The monoisotopic (exact) mass is 208 g/mol. The Balaban J connectivity index is 2.09. The van der Waals surface area contributed by atoms with Gasteiger partial charge in [0.15, 0.2) is 0 Å². The molecule has 1 aliphatic rings. The summed E-state index contributed by atoms with van der Waals surface area (Å²) >= 11 is 0. The molecule has 15 heavy (non-hydrogen) atoms. The molecule has 0 aromatic carbocycles. The molecular weight excluding hydrogens is 192 g/mol. The average Bonchev–Trinajstić information content (AvgIpc) is 2.31. The molecule has 1 saturated heterocycles. The molecule has 0 unspecified atom stereocenters. The van der Waals surface area contributed by atoms with Crippen LogP contribution >= 0.6 is 0 Å². The Hall–Kier alpha value is -1.36. The Kier molecular flexibility index (Phi) is 3.34. The lowest BCUT2D eigenvalue weighted by molar-refractivity contribution is 0.122. The molecule has 0 amide bonds. The van der Waals surface area contributed by atoms with Crippen LogP contribution in [0.25, 0.3) is 0 Å². The van der Waals surface area contributed by atoms with Gasteiger partial charge < -0.3 is 15.0 Å². The van der Waals surface area contributed by atoms with Crippen LogP contribution in [0.3, 0.4) is 0 Å². The first-order valence-corrected chi connectivity index (χ1v) is 5.29. The third-order valence-corrected chi connectivity index (χ3v) is 2.35. The molecule has 2 rings (SSSR count). The average molecular weight is 208 g/mol. The van der Waals surface area contributed by atoms with Crippen LogP contribution in [0.2, 0.25) is 0 Å². The maximum absolute atomic E-state index is 5.30. The van der Waals surface area contributed by atoms with E-state index in [-0.39, 0.29) is 0 Å². The Bertz CT molecular complexity index is 312. The maximum atomic E-state index is 5.30. The molecule has 1 aromatic rings. The van der Waals surface area contributed by atoms with E-state index < -0.39 is 0 Å². The van der Waals surface area contributed by atoms with Crippen molar-refractivity contribution in [2.45, 2.75) is 6.92 Å². The molecule has 1 N–H and O–H groups in total. The summed E-state index contributed by atoms with van der Waals surface area (Å²) in [7, 11) is 0. The van der Waals surface area contributed by atoms with Crippen molar-refractivity contribution in [3.63, 3.8) is 0 Å². The smallest absolute Gasteiger partial charge is 0.134 e. The van der Waals surface area contributed by atoms with Gasteiger partial charge in [-0.2, -0.15) is 0 Å². The van der Waals surface area contributed by atoms with Crippen molar-refractivity contribution < 1.29 is 4.74 Å². The topological polar surface area (TPSA) is 50.3 Å². The number of ether oxygens (including phenoxy) is 1. The zero-order valence-electron chi connectivity index (χ0n) is 8.94. The lowest BCUT2D eigenvalue weighted by atomic mass is 10.4. The van der Waals surface area contributed by atoms with Crippen LogP contribution in [-0.4, -0.2) is 42.8 Å². The van der Waals surface area contributed by atoms with E-state index in [4.69, 9.17) is 4.74 Å². The van der Waals surface area contributed by atoms with E-state index in [1.807, 2.05) is 6.07 Å². The van der Waals surface area contributed by atoms with Gasteiger partial charge in [-0.05, 0) is 6.92 Å². The SMILES string of the molecule is CCNc1cc(N2CCOCC2)ncn1. The second-order valence-electron chi connectivity index (χ2n) is 3.39. The van der Waals surface area contributed by atoms with Crippen LogP contribution in [0.15, 0.2) is 12.4 Å². The Morgan fingerprint density at radius 3 is 2.93 bits per heavy atom. The van der Waals surface area contributed by atoms with Gasteiger partial charge in [0.2, 0.25) is 0 Å². The van der Waals surface area contributed by atoms with Crippen LogP contribution in [0, 0.1) is 0 Å². The predicted molar refractivity (Wildman–Crippen MR) is 59.2 cm³/mol. The largest absolute Gasteiger partial charge is 0.378 e. The minimum atomic E-state index is 0.778. The molecule has 1 fully saturated rings. The summed E-state index contributed by atoms with van der Waals surface area (Å²) in [6.07, 6.45) is 1.60. The minimum absolute atomic E-state index is 0.778. The molecule has 0 spiro atoms. The highest BCUT2D eigenvalue weighted by molar-refractivity contribution is 5.48. The van der Waals surface area contributed by atoms with Gasteiger partial charge in [-0.1, -0.05) is 0 Å². The van der Waals surface area contributed by atoms with E-state index in [0.717, 1.165) is 44.5 Å². The molecule has 1 aromatic heterocycles. The van der Waals surface area contributed by atoms with Gasteiger partial charge in [-0.15, -0.1) is 0 Å². The molecule has 0 bridgehead atoms. The predicted octanol–water partition coefficient (Wildman–Crippen LogP) is 0.745. The van der Waals surface area contributed by atoms with Crippen molar-refractivity contribution in [2.24, 2.45) is 0 Å². The number of anilines is 2. The van der Waals surface area contributed by atoms with Crippen molar-refractivity contribution in [2.75, 3.05) is 43.1 Å². The van der Waals surface area contributed by atoms with Gasteiger partial charge >= 0.3 is 0 Å². The van der Waals surface area contributed by atoms with E-state index in [0.29, 0.717) is 0 Å². The number of morpholine rings is 1. The molecule has 0 radical (unpaired) electrons. The fourth-order valence-corrected chi connectivity index (χ4v) is 1.59. The van der Waals surface area contributed by atoms with Crippen molar-refractivity contribution >= 4 is 11.6 Å². The molecule has 82 valence electrons. The van der Waals surface area contributed by atoms with Crippen LogP contribution in [-0.2, 0) is 4.74 Å². The first-order chi connectivity index (χ1) is 7.40. The van der Waals surface area contributed by atoms with Crippen molar-refractivity contribution in [1.82, 2.24) is 9.97 Å². The third-order valence-electron chi connectivity index (χ3n) is 2.35. The Labute approximate surface area is 89.5 Å². The van der Waals surface area contributed by atoms with Crippen LogP contribution in [0.5, 0.6) is 0 Å². The highest BCUT2D eigenvalue weighted by Crippen LogP contribution is 2.14. The molecule has 0 saturated carbocycles. The molecule has 0 aliphatic carbocycles. The molecular formula is C10H16N4O. The Morgan fingerprint density at radius 2 is 2.20 bits per heavy atom. The zero-order chi connectivity index (χ0) is 10.5.